The van der Waals surface area contributed by atoms with Crippen molar-refractivity contribution in [1.82, 2.24) is 9.55 Å². The number of fused-ring (bicyclic) bond motifs is 1. The lowest BCUT2D eigenvalue weighted by Crippen LogP contribution is -2.39. The SMILES string of the molecule is COc1cc(N)ccc1NCC#Cc1cc2c(NC3CCN(c4ccncc4)CC3)cccc2n1CC(F)(F)F. The van der Waals surface area contributed by atoms with E-state index < -0.39 is 12.7 Å². The number of nitrogens with one attached hydrogen (secondary N) is 2. The van der Waals surface area contributed by atoms with Crippen LogP contribution in [0.15, 0.2) is 67.0 Å². The number of nitrogens with two attached hydrogens (primary N) is 1. The molecule has 4 aromatic rings. The summed E-state index contributed by atoms with van der Waals surface area (Å²) < 4.78 is 47.3. The van der Waals surface area contributed by atoms with Crippen LogP contribution >= 0.6 is 0 Å². The lowest BCUT2D eigenvalue weighted by atomic mass is 10.0. The number of hydrogen-bond donors (Lipinski definition) is 3. The van der Waals surface area contributed by atoms with Crippen molar-refractivity contribution in [2.24, 2.45) is 0 Å². The second kappa shape index (κ2) is 11.7. The zero-order chi connectivity index (χ0) is 28.1. The fraction of sp³-hybridized carbons (Fsp3) is 0.300. The average molecular weight is 549 g/mol. The average Bonchev–Trinajstić information content (AvgIpc) is 3.29. The molecule has 2 aromatic carbocycles. The highest BCUT2D eigenvalue weighted by atomic mass is 19.4. The topological polar surface area (TPSA) is 80.4 Å². The van der Waals surface area contributed by atoms with Crippen LogP contribution in [0.5, 0.6) is 5.75 Å². The first-order valence-corrected chi connectivity index (χ1v) is 13.1. The Kier molecular flexibility index (Phi) is 7.91. The molecule has 40 heavy (non-hydrogen) atoms. The molecule has 0 spiro atoms. The fourth-order valence-electron chi connectivity index (χ4n) is 5.05. The van der Waals surface area contributed by atoms with Gasteiger partial charge in [0.25, 0.3) is 0 Å². The lowest BCUT2D eigenvalue weighted by molar-refractivity contribution is -0.140. The van der Waals surface area contributed by atoms with E-state index in [4.69, 9.17) is 10.5 Å². The van der Waals surface area contributed by atoms with Crippen LogP contribution in [0.25, 0.3) is 10.9 Å². The third-order valence-electron chi connectivity index (χ3n) is 6.97. The number of methoxy groups -OCH3 is 1. The molecule has 0 amide bonds. The number of hydrogen-bond acceptors (Lipinski definition) is 6. The van der Waals surface area contributed by atoms with Crippen LogP contribution in [0.1, 0.15) is 18.5 Å². The van der Waals surface area contributed by atoms with E-state index in [0.29, 0.717) is 28.3 Å². The summed E-state index contributed by atoms with van der Waals surface area (Å²) in [6, 6.07) is 16.6. The summed E-state index contributed by atoms with van der Waals surface area (Å²) in [5, 5.41) is 7.45. The zero-order valence-corrected chi connectivity index (χ0v) is 22.1. The fourth-order valence-corrected chi connectivity index (χ4v) is 5.05. The third kappa shape index (κ3) is 6.37. The van der Waals surface area contributed by atoms with Gasteiger partial charge in [0.15, 0.2) is 0 Å². The Bertz CT molecular complexity index is 1520. The largest absolute Gasteiger partial charge is 0.495 e. The van der Waals surface area contributed by atoms with E-state index in [9.17, 15) is 13.2 Å². The first kappa shape index (κ1) is 27.1. The van der Waals surface area contributed by atoms with E-state index in [0.717, 1.165) is 42.7 Å². The summed E-state index contributed by atoms with van der Waals surface area (Å²) in [6.45, 7) is 0.868. The van der Waals surface area contributed by atoms with Crippen molar-refractivity contribution < 1.29 is 17.9 Å². The number of halogens is 3. The van der Waals surface area contributed by atoms with Gasteiger partial charge in [0, 0.05) is 60.0 Å². The molecule has 5 rings (SSSR count). The van der Waals surface area contributed by atoms with E-state index in [1.54, 1.807) is 48.8 Å². The predicted octanol–water partition coefficient (Wildman–Crippen LogP) is 5.73. The molecule has 1 aliphatic heterocycles. The predicted molar refractivity (Wildman–Crippen MR) is 154 cm³/mol. The molecule has 208 valence electrons. The number of alkyl halides is 3. The molecule has 10 heteroatoms. The number of rotatable bonds is 7. The van der Waals surface area contributed by atoms with Gasteiger partial charge < -0.3 is 30.6 Å². The standard InChI is InChI=1S/C30H31F3N6O/c1-40-29-18-21(34)7-8-27(29)36-13-3-4-24-19-25-26(5-2-6-28(25)39(24)20-30(31,32)33)37-22-11-16-38(17-12-22)23-9-14-35-15-10-23/h2,5-10,14-15,18-19,22,36-37H,11-13,16-17,20,34H2,1H3. The van der Waals surface area contributed by atoms with E-state index in [1.807, 2.05) is 18.2 Å². The molecular formula is C30H31F3N6O. The molecule has 1 fully saturated rings. The minimum absolute atomic E-state index is 0.211. The summed E-state index contributed by atoms with van der Waals surface area (Å²) in [7, 11) is 1.54. The summed E-state index contributed by atoms with van der Waals surface area (Å²) in [5.74, 6) is 6.47. The Morgan fingerprint density at radius 2 is 1.82 bits per heavy atom. The number of aromatic nitrogens is 2. The molecule has 7 nitrogen and oxygen atoms in total. The molecule has 2 aromatic heterocycles. The Morgan fingerprint density at radius 1 is 1.05 bits per heavy atom. The zero-order valence-electron chi connectivity index (χ0n) is 22.1. The quantitative estimate of drug-likeness (QED) is 0.202. The minimum Gasteiger partial charge on any atom is -0.495 e. The van der Waals surface area contributed by atoms with Crippen molar-refractivity contribution >= 4 is 33.7 Å². The first-order valence-electron chi connectivity index (χ1n) is 13.1. The Balaban J connectivity index is 1.35. The van der Waals surface area contributed by atoms with Gasteiger partial charge in [-0.15, -0.1) is 0 Å². The number of piperidine rings is 1. The van der Waals surface area contributed by atoms with Crippen LogP contribution in [0.2, 0.25) is 0 Å². The summed E-state index contributed by atoms with van der Waals surface area (Å²) in [4.78, 5) is 6.41. The molecular weight excluding hydrogens is 517 g/mol. The van der Waals surface area contributed by atoms with E-state index in [2.05, 4.69) is 32.4 Å². The summed E-state index contributed by atoms with van der Waals surface area (Å²) >= 11 is 0. The summed E-state index contributed by atoms with van der Waals surface area (Å²) in [6.07, 6.45) is 1.01. The van der Waals surface area contributed by atoms with Crippen LogP contribution < -0.4 is 26.0 Å². The molecule has 0 bridgehead atoms. The van der Waals surface area contributed by atoms with Crippen molar-refractivity contribution in [2.75, 3.05) is 48.0 Å². The minimum atomic E-state index is -4.39. The van der Waals surface area contributed by atoms with Gasteiger partial charge in [-0.05, 0) is 61.2 Å². The maximum Gasteiger partial charge on any atom is 0.406 e. The maximum atomic E-state index is 13.6. The maximum absolute atomic E-state index is 13.6. The summed E-state index contributed by atoms with van der Waals surface area (Å²) in [5.41, 5.74) is 9.82. The smallest absolute Gasteiger partial charge is 0.406 e. The van der Waals surface area contributed by atoms with Gasteiger partial charge >= 0.3 is 6.18 Å². The van der Waals surface area contributed by atoms with Gasteiger partial charge in [0.05, 0.1) is 30.6 Å². The molecule has 0 aliphatic carbocycles. The van der Waals surface area contributed by atoms with Gasteiger partial charge in [-0.25, -0.2) is 0 Å². The highest BCUT2D eigenvalue weighted by Gasteiger charge is 2.30. The van der Waals surface area contributed by atoms with Crippen molar-refractivity contribution in [3.05, 3.63) is 72.7 Å². The van der Waals surface area contributed by atoms with E-state index >= 15 is 0 Å². The highest BCUT2D eigenvalue weighted by molar-refractivity contribution is 5.94. The first-order chi connectivity index (χ1) is 19.3. The molecule has 0 atom stereocenters. The number of nitrogens with zero attached hydrogens (tertiary/aromatic N) is 3. The van der Waals surface area contributed by atoms with Gasteiger partial charge in [-0.3, -0.25) is 4.98 Å². The van der Waals surface area contributed by atoms with Crippen LogP contribution in [0, 0.1) is 11.8 Å². The molecule has 1 saturated heterocycles. The monoisotopic (exact) mass is 548 g/mol. The molecule has 1 aliphatic rings. The Hall–Kier alpha value is -4.52. The van der Waals surface area contributed by atoms with Crippen molar-refractivity contribution in [3.63, 3.8) is 0 Å². The second-order valence-electron chi connectivity index (χ2n) is 9.70. The van der Waals surface area contributed by atoms with Crippen LogP contribution in [-0.4, -0.2) is 48.5 Å². The van der Waals surface area contributed by atoms with Gasteiger partial charge in [-0.1, -0.05) is 12.0 Å². The highest BCUT2D eigenvalue weighted by Crippen LogP contribution is 2.32. The van der Waals surface area contributed by atoms with Gasteiger partial charge in [0.2, 0.25) is 0 Å². The van der Waals surface area contributed by atoms with Gasteiger partial charge in [-0.2, -0.15) is 13.2 Å². The van der Waals surface area contributed by atoms with Crippen molar-refractivity contribution in [2.45, 2.75) is 31.6 Å². The molecule has 0 radical (unpaired) electrons. The van der Waals surface area contributed by atoms with Crippen molar-refractivity contribution in [3.8, 4) is 17.6 Å². The number of pyridine rings is 1. The number of benzene rings is 2. The third-order valence-corrected chi connectivity index (χ3v) is 6.97. The van der Waals surface area contributed by atoms with Crippen LogP contribution in [0.4, 0.5) is 35.9 Å². The molecule has 4 N–H and O–H groups in total. The second-order valence-corrected chi connectivity index (χ2v) is 9.70. The Morgan fingerprint density at radius 3 is 2.55 bits per heavy atom. The Labute approximate surface area is 231 Å². The molecule has 3 heterocycles. The van der Waals surface area contributed by atoms with Crippen LogP contribution in [0.3, 0.4) is 0 Å². The van der Waals surface area contributed by atoms with Crippen LogP contribution in [-0.2, 0) is 6.54 Å². The number of ether oxygens (including phenoxy) is 1. The molecule has 0 saturated carbocycles. The number of nitrogen functional groups attached to an aromatic ring is 1. The molecule has 0 unspecified atom stereocenters. The van der Waals surface area contributed by atoms with E-state index in [-0.39, 0.29) is 12.6 Å². The van der Waals surface area contributed by atoms with E-state index in [1.165, 1.54) is 11.7 Å². The number of anilines is 4. The normalized spacial score (nSPS) is 14.1. The lowest BCUT2D eigenvalue weighted by Gasteiger charge is -2.34. The van der Waals surface area contributed by atoms with Gasteiger partial charge in [0.1, 0.15) is 12.3 Å². The van der Waals surface area contributed by atoms with Crippen molar-refractivity contribution in [1.29, 1.82) is 0 Å².